The summed E-state index contributed by atoms with van der Waals surface area (Å²) in [5.41, 5.74) is 0. The molecule has 0 aromatic heterocycles. The highest BCUT2D eigenvalue weighted by atomic mass is 15.3. The van der Waals surface area contributed by atoms with Crippen LogP contribution in [0, 0.1) is 0 Å². The van der Waals surface area contributed by atoms with Crippen LogP contribution in [0.5, 0.6) is 0 Å². The summed E-state index contributed by atoms with van der Waals surface area (Å²) in [4.78, 5) is 0. The molecule has 0 saturated carbocycles. The summed E-state index contributed by atoms with van der Waals surface area (Å²) < 4.78 is 1.02. The van der Waals surface area contributed by atoms with E-state index in [1.807, 2.05) is 12.2 Å². The van der Waals surface area contributed by atoms with E-state index in [0.29, 0.717) is 0 Å². The molecule has 0 aromatic carbocycles. The maximum Gasteiger partial charge on any atom is 0.0971 e. The minimum absolute atomic E-state index is 1.02. The van der Waals surface area contributed by atoms with Crippen molar-refractivity contribution in [2.24, 2.45) is 0 Å². The molecule has 0 spiro atoms. The average Bonchev–Trinajstić information content (AvgIpc) is 1.89. The van der Waals surface area contributed by atoms with E-state index in [0.717, 1.165) is 24.1 Å². The van der Waals surface area contributed by atoms with Crippen molar-refractivity contribution in [3.8, 4) is 0 Å². The SMILES string of the molecule is C=CC[N+](C)(CC)CC=C. The first-order valence-corrected chi connectivity index (χ1v) is 3.74. The largest absolute Gasteiger partial charge is 0.320 e. The fourth-order valence-corrected chi connectivity index (χ4v) is 0.956. The van der Waals surface area contributed by atoms with Gasteiger partial charge in [0.25, 0.3) is 0 Å². The molecule has 0 bridgehead atoms. The van der Waals surface area contributed by atoms with Gasteiger partial charge in [-0.3, -0.25) is 0 Å². The summed E-state index contributed by atoms with van der Waals surface area (Å²) >= 11 is 0. The quantitative estimate of drug-likeness (QED) is 0.403. The lowest BCUT2D eigenvalue weighted by Gasteiger charge is -2.30. The number of likely N-dealkylation sites (N-methyl/N-ethyl adjacent to an activating group) is 1. The molecule has 0 saturated heterocycles. The van der Waals surface area contributed by atoms with Crippen molar-refractivity contribution in [1.82, 2.24) is 0 Å². The van der Waals surface area contributed by atoms with E-state index < -0.39 is 0 Å². The first-order valence-electron chi connectivity index (χ1n) is 3.74. The molecule has 0 aromatic rings. The zero-order chi connectivity index (χ0) is 8.04. The highest BCUT2D eigenvalue weighted by Gasteiger charge is 2.13. The molecular weight excluding hydrogens is 122 g/mol. The molecule has 0 fully saturated rings. The van der Waals surface area contributed by atoms with Gasteiger partial charge in [-0.1, -0.05) is 13.2 Å². The van der Waals surface area contributed by atoms with Crippen LogP contribution in [0.15, 0.2) is 25.3 Å². The number of rotatable bonds is 5. The van der Waals surface area contributed by atoms with Crippen LogP contribution in [0.1, 0.15) is 6.92 Å². The molecule has 0 heterocycles. The van der Waals surface area contributed by atoms with Crippen LogP contribution in [0.2, 0.25) is 0 Å². The van der Waals surface area contributed by atoms with Gasteiger partial charge in [0.2, 0.25) is 0 Å². The predicted octanol–water partition coefficient (Wildman–Crippen LogP) is 1.82. The van der Waals surface area contributed by atoms with Crippen molar-refractivity contribution in [2.45, 2.75) is 6.92 Å². The Morgan fingerprint density at radius 1 is 1.20 bits per heavy atom. The van der Waals surface area contributed by atoms with E-state index in [4.69, 9.17) is 0 Å². The number of hydrogen-bond donors (Lipinski definition) is 0. The Bertz CT molecular complexity index is 106. The number of quaternary nitrogens is 1. The Labute approximate surface area is 64.2 Å². The maximum atomic E-state index is 3.73. The van der Waals surface area contributed by atoms with Gasteiger partial charge in [-0.25, -0.2) is 0 Å². The molecule has 0 amide bonds. The summed E-state index contributed by atoms with van der Waals surface area (Å²) in [7, 11) is 2.21. The van der Waals surface area contributed by atoms with Gasteiger partial charge >= 0.3 is 0 Å². The second-order valence-electron chi connectivity index (χ2n) is 2.88. The second kappa shape index (κ2) is 4.29. The zero-order valence-corrected chi connectivity index (χ0v) is 7.14. The molecule has 10 heavy (non-hydrogen) atoms. The van der Waals surface area contributed by atoms with E-state index in [2.05, 4.69) is 27.1 Å². The number of nitrogens with zero attached hydrogens (tertiary/aromatic N) is 1. The molecule has 1 heteroatoms. The molecule has 0 radical (unpaired) electrons. The molecule has 0 aliphatic carbocycles. The van der Waals surface area contributed by atoms with Gasteiger partial charge in [-0.15, -0.1) is 0 Å². The fourth-order valence-electron chi connectivity index (χ4n) is 0.956. The Morgan fingerprint density at radius 2 is 1.60 bits per heavy atom. The lowest BCUT2D eigenvalue weighted by Crippen LogP contribution is -2.43. The molecule has 0 N–H and O–H groups in total. The van der Waals surface area contributed by atoms with E-state index in [1.165, 1.54) is 0 Å². The Balaban J connectivity index is 3.92. The lowest BCUT2D eigenvalue weighted by atomic mass is 10.3. The van der Waals surface area contributed by atoms with Gasteiger partial charge in [0, 0.05) is 0 Å². The van der Waals surface area contributed by atoms with Gasteiger partial charge in [-0.05, 0) is 19.1 Å². The fraction of sp³-hybridized carbons (Fsp3) is 0.556. The normalized spacial score (nSPS) is 11.0. The van der Waals surface area contributed by atoms with Crippen molar-refractivity contribution in [2.75, 3.05) is 26.7 Å². The first kappa shape index (κ1) is 9.44. The van der Waals surface area contributed by atoms with Crippen LogP contribution in [-0.4, -0.2) is 31.2 Å². The summed E-state index contributed by atoms with van der Waals surface area (Å²) in [5.74, 6) is 0. The van der Waals surface area contributed by atoms with Crippen LogP contribution in [-0.2, 0) is 0 Å². The minimum Gasteiger partial charge on any atom is -0.320 e. The van der Waals surface area contributed by atoms with Crippen LogP contribution in [0.4, 0.5) is 0 Å². The second-order valence-corrected chi connectivity index (χ2v) is 2.88. The monoisotopic (exact) mass is 140 g/mol. The minimum atomic E-state index is 1.02. The van der Waals surface area contributed by atoms with Gasteiger partial charge in [0.05, 0.1) is 26.7 Å². The summed E-state index contributed by atoms with van der Waals surface area (Å²) in [6, 6.07) is 0. The molecule has 0 unspecified atom stereocenters. The highest BCUT2D eigenvalue weighted by Crippen LogP contribution is 2.00. The Hall–Kier alpha value is -0.560. The topological polar surface area (TPSA) is 0 Å². The molecule has 1 nitrogen and oxygen atoms in total. The van der Waals surface area contributed by atoms with E-state index >= 15 is 0 Å². The third kappa shape index (κ3) is 2.83. The zero-order valence-electron chi connectivity index (χ0n) is 7.14. The summed E-state index contributed by atoms with van der Waals surface area (Å²) in [6.45, 7) is 12.8. The van der Waals surface area contributed by atoms with Crippen molar-refractivity contribution >= 4 is 0 Å². The number of hydrogen-bond acceptors (Lipinski definition) is 0. The molecule has 0 aliphatic rings. The van der Waals surface area contributed by atoms with Gasteiger partial charge in [-0.2, -0.15) is 0 Å². The Kier molecular flexibility index (Phi) is 4.05. The van der Waals surface area contributed by atoms with E-state index in [1.54, 1.807) is 0 Å². The highest BCUT2D eigenvalue weighted by molar-refractivity contribution is 4.70. The van der Waals surface area contributed by atoms with E-state index in [9.17, 15) is 0 Å². The lowest BCUT2D eigenvalue weighted by molar-refractivity contribution is -0.896. The van der Waals surface area contributed by atoms with Crippen molar-refractivity contribution in [3.05, 3.63) is 25.3 Å². The van der Waals surface area contributed by atoms with E-state index in [-0.39, 0.29) is 0 Å². The predicted molar refractivity (Wildman–Crippen MR) is 46.9 cm³/mol. The van der Waals surface area contributed by atoms with Gasteiger partial charge < -0.3 is 4.48 Å². The maximum absolute atomic E-state index is 3.73. The van der Waals surface area contributed by atoms with Crippen LogP contribution >= 0.6 is 0 Å². The van der Waals surface area contributed by atoms with Crippen molar-refractivity contribution < 1.29 is 4.48 Å². The summed E-state index contributed by atoms with van der Waals surface area (Å²) in [5, 5.41) is 0. The van der Waals surface area contributed by atoms with Gasteiger partial charge in [0.1, 0.15) is 0 Å². The third-order valence-corrected chi connectivity index (χ3v) is 1.90. The molecule has 0 atom stereocenters. The van der Waals surface area contributed by atoms with Crippen LogP contribution in [0.3, 0.4) is 0 Å². The molecule has 0 rings (SSSR count). The molecule has 0 aliphatic heterocycles. The standard InChI is InChI=1S/C9H18N/c1-5-8-10(4,7-3)9-6-2/h5-6H,1-2,7-9H2,3-4H3/q+1. The van der Waals surface area contributed by atoms with Crippen molar-refractivity contribution in [1.29, 1.82) is 0 Å². The summed E-state index contributed by atoms with van der Waals surface area (Å²) in [6.07, 6.45) is 3.93. The average molecular weight is 140 g/mol. The van der Waals surface area contributed by atoms with Crippen LogP contribution < -0.4 is 0 Å². The van der Waals surface area contributed by atoms with Crippen LogP contribution in [0.25, 0.3) is 0 Å². The van der Waals surface area contributed by atoms with Crippen molar-refractivity contribution in [3.63, 3.8) is 0 Å². The smallest absolute Gasteiger partial charge is 0.0971 e. The third-order valence-electron chi connectivity index (χ3n) is 1.90. The molecule has 58 valence electrons. The van der Waals surface area contributed by atoms with Gasteiger partial charge in [0.15, 0.2) is 0 Å². The first-order chi connectivity index (χ1) is 4.68. The molecular formula is C9H18N+. The Morgan fingerprint density at radius 3 is 1.80 bits per heavy atom.